The third-order valence-corrected chi connectivity index (χ3v) is 2.02. The molecule has 3 unspecified atom stereocenters. The van der Waals surface area contributed by atoms with Gasteiger partial charge in [0.1, 0.15) is 0 Å². The van der Waals surface area contributed by atoms with Crippen molar-refractivity contribution >= 4 is 55.0 Å². The molecular weight excluding hydrogens is 427 g/mol. The van der Waals surface area contributed by atoms with Gasteiger partial charge in [0.15, 0.2) is 0 Å². The third kappa shape index (κ3) is 13.8. The van der Waals surface area contributed by atoms with Crippen LogP contribution in [0.4, 0.5) is 0 Å². The minimum atomic E-state index is -2.63. The van der Waals surface area contributed by atoms with Crippen molar-refractivity contribution in [2.24, 2.45) is 5.73 Å². The fraction of sp³-hybridized carbons (Fsp3) is 0.667. The Hall–Kier alpha value is 0.458. The van der Waals surface area contributed by atoms with Gasteiger partial charge in [-0.3, -0.25) is 9.59 Å². The summed E-state index contributed by atoms with van der Waals surface area (Å²) in [6.45, 7) is 3.14. The molecular formula is C9H13NNaO8SSb. The molecule has 0 aromatic carbocycles. The first-order valence-electron chi connectivity index (χ1n) is 4.76. The second-order valence-electron chi connectivity index (χ2n) is 3.92. The van der Waals surface area contributed by atoms with Gasteiger partial charge in [-0.25, -0.2) is 0 Å². The normalized spacial score (nSPS) is 14.0. The Kier molecular flexibility index (Phi) is 18.2. The minimum Gasteiger partial charge on any atom is -0.844 e. The van der Waals surface area contributed by atoms with E-state index in [-0.39, 0.29) is 54.0 Å². The fourth-order valence-corrected chi connectivity index (χ4v) is 0.639. The number of rotatable bonds is 5. The first-order valence-corrected chi connectivity index (χ1v) is 5.17. The molecule has 12 heteroatoms. The van der Waals surface area contributed by atoms with Gasteiger partial charge in [0.05, 0.1) is 5.97 Å². The van der Waals surface area contributed by atoms with E-state index in [1.54, 1.807) is 13.8 Å². The van der Waals surface area contributed by atoms with E-state index in [9.17, 15) is 29.7 Å². The molecule has 114 valence electrons. The van der Waals surface area contributed by atoms with Crippen LogP contribution < -0.4 is 50.6 Å². The SMILES string of the molecule is CC(C)([S-])C(N)C(=O)[O-].O=C(O)C([O-])C([O-])C(=O)O.[Na+].[Sb+3]. The van der Waals surface area contributed by atoms with Gasteiger partial charge in [-0.15, -0.1) is 4.75 Å². The smallest absolute Gasteiger partial charge is 0.844 e. The Bertz CT molecular complexity index is 333. The van der Waals surface area contributed by atoms with Crippen molar-refractivity contribution in [1.82, 2.24) is 0 Å². The summed E-state index contributed by atoms with van der Waals surface area (Å²) >= 11 is 4.74. The molecule has 4 N–H and O–H groups in total. The molecule has 0 heterocycles. The van der Waals surface area contributed by atoms with E-state index < -0.39 is 40.9 Å². The Morgan fingerprint density at radius 2 is 1.33 bits per heavy atom. The van der Waals surface area contributed by atoms with Crippen LogP contribution in [0.25, 0.3) is 0 Å². The van der Waals surface area contributed by atoms with Crippen molar-refractivity contribution in [3.63, 3.8) is 0 Å². The van der Waals surface area contributed by atoms with Crippen LogP contribution in [0.15, 0.2) is 0 Å². The molecule has 0 spiro atoms. The predicted molar refractivity (Wildman–Crippen MR) is 63.0 cm³/mol. The zero-order valence-corrected chi connectivity index (χ0v) is 16.9. The maximum Gasteiger partial charge on any atom is 3.00 e. The molecule has 0 aromatic heterocycles. The van der Waals surface area contributed by atoms with Gasteiger partial charge in [0.2, 0.25) is 0 Å². The summed E-state index contributed by atoms with van der Waals surface area (Å²) in [5, 5.41) is 45.8. The molecule has 0 aliphatic heterocycles. The number of hydrogen-bond donors (Lipinski definition) is 3. The van der Waals surface area contributed by atoms with Gasteiger partial charge in [-0.05, 0) is 12.2 Å². The molecule has 0 saturated heterocycles. The molecule has 0 amide bonds. The third-order valence-electron chi connectivity index (χ3n) is 1.76. The van der Waals surface area contributed by atoms with Crippen molar-refractivity contribution < 1.29 is 69.5 Å². The van der Waals surface area contributed by atoms with Crippen molar-refractivity contribution in [2.75, 3.05) is 0 Å². The van der Waals surface area contributed by atoms with Gasteiger partial charge in [0, 0.05) is 6.04 Å². The number of carbonyl (C=O) groups is 3. The maximum absolute atomic E-state index is 10.1. The summed E-state index contributed by atoms with van der Waals surface area (Å²) in [4.78, 5) is 29.4. The van der Waals surface area contributed by atoms with E-state index in [4.69, 9.17) is 28.6 Å². The Labute approximate surface area is 166 Å². The van der Waals surface area contributed by atoms with E-state index >= 15 is 0 Å². The average Bonchev–Trinajstić information content (AvgIpc) is 2.25. The number of carbonyl (C=O) groups excluding carboxylic acids is 1. The van der Waals surface area contributed by atoms with E-state index in [2.05, 4.69) is 0 Å². The molecule has 0 aliphatic rings. The standard InChI is InChI=1S/C5H11NO2S.C4H4O6.Na.Sb/c1-5(2,9)3(6)4(7)8;5-1(3(7)8)2(6)4(9)10;;/h3,9H,6H2,1-2H3,(H,7,8);1-2H,(H,7,8)(H,9,10);;/q;-2;+1;+3/p-2. The monoisotopic (exact) mass is 439 g/mol. The second kappa shape index (κ2) is 12.9. The Balaban J connectivity index is -0.000000126. The summed E-state index contributed by atoms with van der Waals surface area (Å²) in [5.41, 5.74) is 5.13. The van der Waals surface area contributed by atoms with Crippen LogP contribution in [0.3, 0.4) is 0 Å². The number of carboxylic acids is 3. The summed E-state index contributed by atoms with van der Waals surface area (Å²) in [7, 11) is 0. The first kappa shape index (κ1) is 29.5. The molecule has 21 heavy (non-hydrogen) atoms. The molecule has 0 fully saturated rings. The van der Waals surface area contributed by atoms with Gasteiger partial charge in [0.25, 0.3) is 11.9 Å². The van der Waals surface area contributed by atoms with E-state index in [0.717, 1.165) is 0 Å². The molecule has 0 aromatic rings. The number of aliphatic carboxylic acids is 3. The van der Waals surface area contributed by atoms with Crippen molar-refractivity contribution in [3.05, 3.63) is 0 Å². The first-order chi connectivity index (χ1) is 8.32. The van der Waals surface area contributed by atoms with Crippen LogP contribution in [0.1, 0.15) is 13.8 Å². The largest absolute Gasteiger partial charge is 3.00 e. The fourth-order valence-electron chi connectivity index (χ4n) is 0.543. The van der Waals surface area contributed by atoms with Crippen LogP contribution in [0.5, 0.6) is 0 Å². The number of hydrogen-bond acceptors (Lipinski definition) is 8. The maximum atomic E-state index is 10.1. The van der Waals surface area contributed by atoms with Crippen LogP contribution in [0.2, 0.25) is 0 Å². The molecule has 2 radical (unpaired) electrons. The van der Waals surface area contributed by atoms with Gasteiger partial charge < -0.3 is 48.7 Å². The molecule has 0 bridgehead atoms. The molecule has 0 aliphatic carbocycles. The predicted octanol–water partition coefficient (Wildman–Crippen LogP) is -8.37. The Morgan fingerprint density at radius 3 is 1.38 bits per heavy atom. The van der Waals surface area contributed by atoms with Crippen LogP contribution in [0, 0.1) is 0 Å². The summed E-state index contributed by atoms with van der Waals surface area (Å²) in [6, 6.07) is -1.06. The topological polar surface area (TPSA) is 187 Å². The van der Waals surface area contributed by atoms with Crippen molar-refractivity contribution in [3.8, 4) is 0 Å². The molecule has 0 rings (SSSR count). The number of carboxylic acid groups (broad SMARTS) is 3. The summed E-state index contributed by atoms with van der Waals surface area (Å²) in [6.07, 6.45) is -5.25. The van der Waals surface area contributed by atoms with Crippen LogP contribution in [-0.4, -0.2) is 75.5 Å². The summed E-state index contributed by atoms with van der Waals surface area (Å²) in [5.74, 6) is -5.18. The van der Waals surface area contributed by atoms with E-state index in [1.807, 2.05) is 0 Å². The Morgan fingerprint density at radius 1 is 1.10 bits per heavy atom. The van der Waals surface area contributed by atoms with Crippen molar-refractivity contribution in [1.29, 1.82) is 0 Å². The van der Waals surface area contributed by atoms with Gasteiger partial charge >= 0.3 is 54.0 Å². The zero-order valence-electron chi connectivity index (χ0n) is 11.5. The average molecular weight is 440 g/mol. The van der Waals surface area contributed by atoms with Crippen molar-refractivity contribution in [2.45, 2.75) is 36.8 Å². The van der Waals surface area contributed by atoms with Gasteiger partial charge in [-0.2, -0.15) is 0 Å². The van der Waals surface area contributed by atoms with Crippen LogP contribution >= 0.6 is 0 Å². The molecule has 9 nitrogen and oxygen atoms in total. The zero-order chi connectivity index (χ0) is 16.0. The molecule has 0 saturated carbocycles. The number of nitrogens with two attached hydrogens (primary N) is 1. The second-order valence-corrected chi connectivity index (χ2v) is 4.97. The minimum absolute atomic E-state index is 0. The quantitative estimate of drug-likeness (QED) is 0.274. The summed E-state index contributed by atoms with van der Waals surface area (Å²) < 4.78 is -0.821. The molecule has 3 atom stereocenters. The van der Waals surface area contributed by atoms with Crippen LogP contribution in [-0.2, 0) is 27.0 Å². The van der Waals surface area contributed by atoms with E-state index in [0.29, 0.717) is 0 Å². The van der Waals surface area contributed by atoms with Gasteiger partial charge in [-0.1, -0.05) is 13.8 Å². The van der Waals surface area contributed by atoms with E-state index in [1.165, 1.54) is 0 Å².